The second kappa shape index (κ2) is 6.28. The van der Waals surface area contributed by atoms with Crippen molar-refractivity contribution in [2.45, 2.75) is 18.6 Å². The molecule has 1 heterocycles. The molecule has 0 aromatic heterocycles. The Bertz CT molecular complexity index is 438. The third-order valence-electron chi connectivity index (χ3n) is 3.29. The summed E-state index contributed by atoms with van der Waals surface area (Å²) < 4.78 is 51.7. The van der Waals surface area contributed by atoms with Gasteiger partial charge in [-0.15, -0.1) is 0 Å². The monoisotopic (exact) mass is 310 g/mol. The van der Waals surface area contributed by atoms with Crippen LogP contribution < -0.4 is 5.32 Å². The molecule has 1 aromatic rings. The van der Waals surface area contributed by atoms with Crippen LogP contribution in [0.25, 0.3) is 0 Å². The van der Waals surface area contributed by atoms with Crippen molar-refractivity contribution in [1.29, 1.82) is 0 Å². The second-order valence-electron chi connectivity index (χ2n) is 4.82. The van der Waals surface area contributed by atoms with Crippen LogP contribution in [-0.4, -0.2) is 37.3 Å². The molecule has 0 radical (unpaired) electrons. The fourth-order valence-electron chi connectivity index (χ4n) is 2.44. The van der Waals surface area contributed by atoms with E-state index in [0.29, 0.717) is 26.2 Å². The first-order chi connectivity index (χ1) is 9.35. The van der Waals surface area contributed by atoms with E-state index >= 15 is 0 Å². The average Bonchev–Trinajstić information content (AvgIpc) is 2.35. The van der Waals surface area contributed by atoms with E-state index in [4.69, 9.17) is 11.6 Å². The predicted octanol–water partition coefficient (Wildman–Crippen LogP) is 3.38. The van der Waals surface area contributed by atoms with Gasteiger partial charge in [0.15, 0.2) is 0 Å². The van der Waals surface area contributed by atoms with Crippen LogP contribution in [0.4, 0.5) is 17.6 Å². The number of piperazine rings is 1. The minimum atomic E-state index is -4.31. The number of nitrogens with zero attached hydrogens (tertiary/aromatic N) is 1. The number of rotatable bonds is 3. The highest BCUT2D eigenvalue weighted by Gasteiger charge is 2.36. The number of alkyl halides is 3. The molecule has 0 saturated carbocycles. The van der Waals surface area contributed by atoms with E-state index in [9.17, 15) is 17.6 Å². The lowest BCUT2D eigenvalue weighted by Crippen LogP contribution is -2.46. The molecule has 1 saturated heterocycles. The SMILES string of the molecule is Fc1cc(Cl)cc([C@H](CC(F)(F)F)N2CCNCC2)c1. The number of halogens is 5. The Hall–Kier alpha value is -0.850. The average molecular weight is 311 g/mol. The molecule has 1 N–H and O–H groups in total. The molecule has 0 bridgehead atoms. The van der Waals surface area contributed by atoms with Gasteiger partial charge in [0.25, 0.3) is 0 Å². The summed E-state index contributed by atoms with van der Waals surface area (Å²) in [6.45, 7) is 2.23. The maximum atomic E-state index is 13.4. The first-order valence-electron chi connectivity index (χ1n) is 6.33. The minimum Gasteiger partial charge on any atom is -0.314 e. The van der Waals surface area contributed by atoms with Gasteiger partial charge in [-0.1, -0.05) is 11.6 Å². The maximum absolute atomic E-state index is 13.4. The first kappa shape index (κ1) is 15.5. The fourth-order valence-corrected chi connectivity index (χ4v) is 2.67. The molecule has 1 fully saturated rings. The van der Waals surface area contributed by atoms with Crippen molar-refractivity contribution in [1.82, 2.24) is 10.2 Å². The molecule has 112 valence electrons. The molecule has 0 spiro atoms. The molecule has 1 aliphatic rings. The lowest BCUT2D eigenvalue weighted by Gasteiger charge is -2.35. The van der Waals surface area contributed by atoms with Gasteiger partial charge in [-0.3, -0.25) is 4.90 Å². The first-order valence-corrected chi connectivity index (χ1v) is 6.70. The lowest BCUT2D eigenvalue weighted by molar-refractivity contribution is -0.148. The van der Waals surface area contributed by atoms with Crippen LogP contribution in [0, 0.1) is 5.82 Å². The van der Waals surface area contributed by atoms with Crippen molar-refractivity contribution in [2.75, 3.05) is 26.2 Å². The standard InChI is InChI=1S/C13H15ClF4N2/c14-10-5-9(6-11(15)7-10)12(8-13(16,17)18)20-3-1-19-2-4-20/h5-7,12,19H,1-4,8H2/t12-/m0/s1. The summed E-state index contributed by atoms with van der Waals surface area (Å²) in [5, 5.41) is 3.20. The highest BCUT2D eigenvalue weighted by atomic mass is 35.5. The third kappa shape index (κ3) is 4.33. The molecular formula is C13H15ClF4N2. The number of nitrogens with one attached hydrogen (secondary N) is 1. The van der Waals surface area contributed by atoms with Crippen LogP contribution >= 0.6 is 11.6 Å². The van der Waals surface area contributed by atoms with Gasteiger partial charge in [0.2, 0.25) is 0 Å². The lowest BCUT2D eigenvalue weighted by atomic mass is 10.0. The van der Waals surface area contributed by atoms with Crippen molar-refractivity contribution in [3.8, 4) is 0 Å². The van der Waals surface area contributed by atoms with Gasteiger partial charge < -0.3 is 5.32 Å². The molecule has 0 amide bonds. The van der Waals surface area contributed by atoms with Crippen molar-refractivity contribution in [3.05, 3.63) is 34.6 Å². The van der Waals surface area contributed by atoms with Gasteiger partial charge in [0.1, 0.15) is 5.82 Å². The number of hydrogen-bond donors (Lipinski definition) is 1. The zero-order valence-electron chi connectivity index (χ0n) is 10.7. The molecule has 1 aliphatic heterocycles. The highest BCUT2D eigenvalue weighted by Crippen LogP contribution is 2.35. The molecule has 0 aliphatic carbocycles. The summed E-state index contributed by atoms with van der Waals surface area (Å²) in [5.74, 6) is -0.616. The Morgan fingerprint density at radius 1 is 1.20 bits per heavy atom. The minimum absolute atomic E-state index is 0.113. The Labute approximate surface area is 119 Å². The molecule has 0 unspecified atom stereocenters. The Kier molecular flexibility index (Phi) is 4.88. The van der Waals surface area contributed by atoms with Gasteiger partial charge in [-0.25, -0.2) is 4.39 Å². The predicted molar refractivity (Wildman–Crippen MR) is 69.3 cm³/mol. The number of hydrogen-bond acceptors (Lipinski definition) is 2. The zero-order chi connectivity index (χ0) is 14.8. The van der Waals surface area contributed by atoms with Crippen LogP contribution in [-0.2, 0) is 0 Å². The normalized spacial score (nSPS) is 19.1. The van der Waals surface area contributed by atoms with Gasteiger partial charge in [0, 0.05) is 37.2 Å². The number of benzene rings is 1. The van der Waals surface area contributed by atoms with Crippen LogP contribution in [0.5, 0.6) is 0 Å². The zero-order valence-corrected chi connectivity index (χ0v) is 11.4. The summed E-state index contributed by atoms with van der Waals surface area (Å²) >= 11 is 5.75. The Morgan fingerprint density at radius 2 is 1.85 bits per heavy atom. The van der Waals surface area contributed by atoms with E-state index in [1.54, 1.807) is 4.90 Å². The Morgan fingerprint density at radius 3 is 2.40 bits per heavy atom. The molecule has 1 atom stereocenters. The van der Waals surface area contributed by atoms with Crippen molar-refractivity contribution in [3.63, 3.8) is 0 Å². The van der Waals surface area contributed by atoms with E-state index in [2.05, 4.69) is 5.32 Å². The second-order valence-corrected chi connectivity index (χ2v) is 5.26. The molecule has 1 aromatic carbocycles. The van der Waals surface area contributed by atoms with Gasteiger partial charge in [-0.2, -0.15) is 13.2 Å². The van der Waals surface area contributed by atoms with E-state index in [1.165, 1.54) is 6.07 Å². The highest BCUT2D eigenvalue weighted by molar-refractivity contribution is 6.30. The topological polar surface area (TPSA) is 15.3 Å². The van der Waals surface area contributed by atoms with Gasteiger partial charge in [-0.05, 0) is 23.8 Å². The summed E-state index contributed by atoms with van der Waals surface area (Å²) in [4.78, 5) is 1.72. The van der Waals surface area contributed by atoms with Crippen molar-refractivity contribution in [2.24, 2.45) is 0 Å². The van der Waals surface area contributed by atoms with E-state index < -0.39 is 24.5 Å². The van der Waals surface area contributed by atoms with Crippen LogP contribution in [0.3, 0.4) is 0 Å². The van der Waals surface area contributed by atoms with E-state index in [-0.39, 0.29) is 10.6 Å². The van der Waals surface area contributed by atoms with Crippen molar-refractivity contribution >= 4 is 11.6 Å². The fraction of sp³-hybridized carbons (Fsp3) is 0.538. The smallest absolute Gasteiger partial charge is 0.314 e. The largest absolute Gasteiger partial charge is 0.390 e. The summed E-state index contributed by atoms with van der Waals surface area (Å²) in [7, 11) is 0. The molecule has 7 heteroatoms. The molecule has 2 nitrogen and oxygen atoms in total. The van der Waals surface area contributed by atoms with Crippen LogP contribution in [0.1, 0.15) is 18.0 Å². The van der Waals surface area contributed by atoms with Gasteiger partial charge in [0.05, 0.1) is 6.42 Å². The van der Waals surface area contributed by atoms with E-state index in [1.807, 2.05) is 0 Å². The van der Waals surface area contributed by atoms with Gasteiger partial charge >= 0.3 is 6.18 Å². The third-order valence-corrected chi connectivity index (χ3v) is 3.51. The molecule has 20 heavy (non-hydrogen) atoms. The maximum Gasteiger partial charge on any atom is 0.390 e. The molecule has 2 rings (SSSR count). The summed E-state index contributed by atoms with van der Waals surface area (Å²) in [6.07, 6.45) is -5.32. The van der Waals surface area contributed by atoms with Crippen LogP contribution in [0.15, 0.2) is 18.2 Å². The summed E-state index contributed by atoms with van der Waals surface area (Å²) in [6, 6.07) is 2.73. The molecular weight excluding hydrogens is 296 g/mol. The van der Waals surface area contributed by atoms with Crippen molar-refractivity contribution < 1.29 is 17.6 Å². The van der Waals surface area contributed by atoms with E-state index in [0.717, 1.165) is 12.1 Å². The van der Waals surface area contributed by atoms with Crippen LogP contribution in [0.2, 0.25) is 5.02 Å². The quantitative estimate of drug-likeness (QED) is 0.861. The summed E-state index contributed by atoms with van der Waals surface area (Å²) in [5.41, 5.74) is 0.272. The Balaban J connectivity index is 2.29.